The summed E-state index contributed by atoms with van der Waals surface area (Å²) in [6.45, 7) is 6.11. The van der Waals surface area contributed by atoms with Gasteiger partial charge in [-0.1, -0.05) is 29.8 Å². The SMILES string of the molecule is Cc1cc(Br)cc(C(=O)CC(C)C)c1. The molecule has 76 valence electrons. The number of rotatable bonds is 3. The number of Topliss-reactive ketones (excluding diaryl/α,β-unsaturated/α-hetero) is 1. The first-order chi connectivity index (χ1) is 6.49. The van der Waals surface area contributed by atoms with Gasteiger partial charge in [0.1, 0.15) is 0 Å². The van der Waals surface area contributed by atoms with Gasteiger partial charge in [0.15, 0.2) is 5.78 Å². The molecule has 0 aliphatic carbocycles. The van der Waals surface area contributed by atoms with Gasteiger partial charge < -0.3 is 0 Å². The van der Waals surface area contributed by atoms with Crippen LogP contribution in [0.5, 0.6) is 0 Å². The summed E-state index contributed by atoms with van der Waals surface area (Å²) >= 11 is 3.40. The fourth-order valence-electron chi connectivity index (χ4n) is 1.39. The van der Waals surface area contributed by atoms with Crippen LogP contribution in [0.2, 0.25) is 0 Å². The summed E-state index contributed by atoms with van der Waals surface area (Å²) in [6, 6.07) is 5.83. The molecule has 0 amide bonds. The summed E-state index contributed by atoms with van der Waals surface area (Å²) in [5.41, 5.74) is 1.93. The minimum Gasteiger partial charge on any atom is -0.294 e. The molecule has 0 unspecified atom stereocenters. The number of hydrogen-bond acceptors (Lipinski definition) is 1. The van der Waals surface area contributed by atoms with E-state index in [0.717, 1.165) is 15.6 Å². The smallest absolute Gasteiger partial charge is 0.163 e. The Bertz CT molecular complexity index is 322. The van der Waals surface area contributed by atoms with Crippen LogP contribution in [0.25, 0.3) is 0 Å². The molecule has 1 aromatic carbocycles. The summed E-state index contributed by atoms with van der Waals surface area (Å²) in [6.07, 6.45) is 0.621. The van der Waals surface area contributed by atoms with E-state index < -0.39 is 0 Å². The molecule has 0 saturated carbocycles. The molecule has 14 heavy (non-hydrogen) atoms. The highest BCUT2D eigenvalue weighted by atomic mass is 79.9. The summed E-state index contributed by atoms with van der Waals surface area (Å²) < 4.78 is 0.976. The lowest BCUT2D eigenvalue weighted by molar-refractivity contribution is 0.0967. The van der Waals surface area contributed by atoms with Gasteiger partial charge in [-0.05, 0) is 36.6 Å². The van der Waals surface area contributed by atoms with Crippen molar-refractivity contribution in [2.75, 3.05) is 0 Å². The second-order valence-corrected chi connectivity index (χ2v) is 4.95. The standard InChI is InChI=1S/C12H15BrO/c1-8(2)4-12(14)10-5-9(3)6-11(13)7-10/h5-8H,4H2,1-3H3. The predicted octanol–water partition coefficient (Wildman–Crippen LogP) is 3.99. The third-order valence-electron chi connectivity index (χ3n) is 1.96. The molecule has 0 heterocycles. The summed E-state index contributed by atoms with van der Waals surface area (Å²) in [5.74, 6) is 0.645. The number of hydrogen-bond donors (Lipinski definition) is 0. The molecule has 1 aromatic rings. The van der Waals surface area contributed by atoms with Crippen molar-refractivity contribution in [1.82, 2.24) is 0 Å². The highest BCUT2D eigenvalue weighted by molar-refractivity contribution is 9.10. The quantitative estimate of drug-likeness (QED) is 0.746. The summed E-state index contributed by atoms with van der Waals surface area (Å²) in [5, 5.41) is 0. The lowest BCUT2D eigenvalue weighted by Gasteiger charge is -2.05. The maximum absolute atomic E-state index is 11.7. The molecule has 0 atom stereocenters. The Balaban J connectivity index is 2.90. The normalized spacial score (nSPS) is 10.6. The van der Waals surface area contributed by atoms with Gasteiger partial charge in [0.2, 0.25) is 0 Å². The van der Waals surface area contributed by atoms with Crippen molar-refractivity contribution in [2.45, 2.75) is 27.2 Å². The zero-order valence-corrected chi connectivity index (χ0v) is 10.4. The van der Waals surface area contributed by atoms with E-state index in [-0.39, 0.29) is 5.78 Å². The Hall–Kier alpha value is -0.630. The minimum absolute atomic E-state index is 0.226. The Morgan fingerprint density at radius 2 is 2.00 bits per heavy atom. The average molecular weight is 255 g/mol. The first-order valence-electron chi connectivity index (χ1n) is 4.79. The Labute approximate surface area is 93.7 Å². The van der Waals surface area contributed by atoms with Crippen molar-refractivity contribution in [3.63, 3.8) is 0 Å². The van der Waals surface area contributed by atoms with Gasteiger partial charge in [0, 0.05) is 16.5 Å². The molecule has 0 aliphatic rings. The molecule has 0 aliphatic heterocycles. The molecule has 1 nitrogen and oxygen atoms in total. The van der Waals surface area contributed by atoms with Crippen molar-refractivity contribution in [3.05, 3.63) is 33.8 Å². The molecular formula is C12H15BrO. The van der Waals surface area contributed by atoms with Crippen LogP contribution in [0, 0.1) is 12.8 Å². The van der Waals surface area contributed by atoms with Crippen LogP contribution in [0.3, 0.4) is 0 Å². The number of benzene rings is 1. The molecule has 0 fully saturated rings. The lowest BCUT2D eigenvalue weighted by atomic mass is 10.0. The maximum atomic E-state index is 11.7. The predicted molar refractivity (Wildman–Crippen MR) is 62.7 cm³/mol. The van der Waals surface area contributed by atoms with Crippen molar-refractivity contribution < 1.29 is 4.79 Å². The van der Waals surface area contributed by atoms with Crippen molar-refractivity contribution in [1.29, 1.82) is 0 Å². The maximum Gasteiger partial charge on any atom is 0.163 e. The van der Waals surface area contributed by atoms with Gasteiger partial charge in [-0.2, -0.15) is 0 Å². The number of ketones is 1. The number of carbonyl (C=O) groups is 1. The van der Waals surface area contributed by atoms with Crippen molar-refractivity contribution in [2.24, 2.45) is 5.92 Å². The molecular weight excluding hydrogens is 240 g/mol. The van der Waals surface area contributed by atoms with Gasteiger partial charge in [-0.25, -0.2) is 0 Å². The zero-order valence-electron chi connectivity index (χ0n) is 8.80. The second-order valence-electron chi connectivity index (χ2n) is 4.04. The Kier molecular flexibility index (Phi) is 3.87. The zero-order chi connectivity index (χ0) is 10.7. The monoisotopic (exact) mass is 254 g/mol. The molecule has 0 aromatic heterocycles. The molecule has 0 saturated heterocycles. The Morgan fingerprint density at radius 3 is 2.50 bits per heavy atom. The average Bonchev–Trinajstić information content (AvgIpc) is 2.00. The first kappa shape index (κ1) is 11.4. The summed E-state index contributed by atoms with van der Waals surface area (Å²) in [7, 11) is 0. The van der Waals surface area contributed by atoms with Crippen LogP contribution in [-0.2, 0) is 0 Å². The topological polar surface area (TPSA) is 17.1 Å². The number of aryl methyl sites for hydroxylation is 1. The summed E-state index contributed by atoms with van der Waals surface area (Å²) in [4.78, 5) is 11.7. The van der Waals surface area contributed by atoms with E-state index in [1.165, 1.54) is 0 Å². The highest BCUT2D eigenvalue weighted by Gasteiger charge is 2.08. The lowest BCUT2D eigenvalue weighted by Crippen LogP contribution is -2.03. The van der Waals surface area contributed by atoms with Crippen LogP contribution in [0.1, 0.15) is 36.2 Å². The molecule has 0 bridgehead atoms. The van der Waals surface area contributed by atoms with E-state index in [1.807, 2.05) is 25.1 Å². The third-order valence-corrected chi connectivity index (χ3v) is 2.42. The number of carbonyl (C=O) groups excluding carboxylic acids is 1. The fraction of sp³-hybridized carbons (Fsp3) is 0.417. The van der Waals surface area contributed by atoms with E-state index in [1.54, 1.807) is 0 Å². The molecule has 1 rings (SSSR count). The molecule has 0 N–H and O–H groups in total. The van der Waals surface area contributed by atoms with Gasteiger partial charge in [-0.3, -0.25) is 4.79 Å². The van der Waals surface area contributed by atoms with Crippen molar-refractivity contribution in [3.8, 4) is 0 Å². The van der Waals surface area contributed by atoms with E-state index in [2.05, 4.69) is 29.8 Å². The van der Waals surface area contributed by atoms with E-state index in [4.69, 9.17) is 0 Å². The number of halogens is 1. The van der Waals surface area contributed by atoms with Crippen LogP contribution in [-0.4, -0.2) is 5.78 Å². The largest absolute Gasteiger partial charge is 0.294 e. The van der Waals surface area contributed by atoms with Crippen LogP contribution in [0.15, 0.2) is 22.7 Å². The molecule has 2 heteroatoms. The first-order valence-corrected chi connectivity index (χ1v) is 5.58. The molecule has 0 radical (unpaired) electrons. The van der Waals surface area contributed by atoms with Gasteiger partial charge in [-0.15, -0.1) is 0 Å². The van der Waals surface area contributed by atoms with Gasteiger partial charge in [0.25, 0.3) is 0 Å². The van der Waals surface area contributed by atoms with E-state index in [0.29, 0.717) is 12.3 Å². The van der Waals surface area contributed by atoms with E-state index >= 15 is 0 Å². The highest BCUT2D eigenvalue weighted by Crippen LogP contribution is 2.17. The van der Waals surface area contributed by atoms with Crippen LogP contribution in [0.4, 0.5) is 0 Å². The van der Waals surface area contributed by atoms with E-state index in [9.17, 15) is 4.79 Å². The Morgan fingerprint density at radius 1 is 1.36 bits per heavy atom. The van der Waals surface area contributed by atoms with Gasteiger partial charge in [0.05, 0.1) is 0 Å². The molecule has 0 spiro atoms. The second kappa shape index (κ2) is 4.74. The minimum atomic E-state index is 0.226. The third kappa shape index (κ3) is 3.26. The van der Waals surface area contributed by atoms with Crippen LogP contribution < -0.4 is 0 Å². The van der Waals surface area contributed by atoms with Gasteiger partial charge >= 0.3 is 0 Å². The van der Waals surface area contributed by atoms with Crippen LogP contribution >= 0.6 is 15.9 Å². The van der Waals surface area contributed by atoms with Crippen molar-refractivity contribution >= 4 is 21.7 Å². The fourth-order valence-corrected chi connectivity index (χ4v) is 1.99.